The fraction of sp³-hybridized carbons (Fsp3) is 0.385. The van der Waals surface area contributed by atoms with Crippen LogP contribution < -0.4 is 10.1 Å². The molecule has 0 saturated carbocycles. The minimum absolute atomic E-state index is 0.352. The van der Waals surface area contributed by atoms with Gasteiger partial charge in [0.1, 0.15) is 0 Å². The van der Waals surface area contributed by atoms with Gasteiger partial charge in [0.2, 0.25) is 5.88 Å². The molecule has 0 aliphatic heterocycles. The molecule has 2 rings (SSSR count). The van der Waals surface area contributed by atoms with Crippen molar-refractivity contribution in [2.45, 2.75) is 19.4 Å². The van der Waals surface area contributed by atoms with E-state index in [0.717, 1.165) is 17.0 Å². The first-order valence-corrected chi connectivity index (χ1v) is 6.65. The molecule has 0 radical (unpaired) electrons. The Balaban J connectivity index is 2.06. The Bertz CT molecular complexity index is 495. The number of thiazole rings is 1. The molecule has 0 aliphatic rings. The summed E-state index contributed by atoms with van der Waals surface area (Å²) >= 11 is 1.74. The van der Waals surface area contributed by atoms with Crippen molar-refractivity contribution in [2.24, 2.45) is 0 Å². The van der Waals surface area contributed by atoms with Crippen LogP contribution in [0.2, 0.25) is 0 Å². The van der Waals surface area contributed by atoms with Gasteiger partial charge < -0.3 is 10.1 Å². The second-order valence-electron chi connectivity index (χ2n) is 4.05. The predicted octanol–water partition coefficient (Wildman–Crippen LogP) is 2.42. The maximum atomic E-state index is 5.04. The number of aromatic nitrogens is 2. The lowest BCUT2D eigenvalue weighted by Gasteiger charge is -2.04. The topological polar surface area (TPSA) is 47.0 Å². The van der Waals surface area contributed by atoms with Crippen LogP contribution in [0.15, 0.2) is 24.5 Å². The molecule has 2 aromatic heterocycles. The smallest absolute Gasteiger partial charge is 0.212 e. The SMILES string of the molecule is CNC(C)c1cnc(Cc2ccc(OC)nc2)s1. The van der Waals surface area contributed by atoms with Gasteiger partial charge in [-0.3, -0.25) is 0 Å². The van der Waals surface area contributed by atoms with E-state index in [-0.39, 0.29) is 0 Å². The first-order chi connectivity index (χ1) is 8.72. The van der Waals surface area contributed by atoms with Gasteiger partial charge in [-0.15, -0.1) is 11.3 Å². The highest BCUT2D eigenvalue weighted by Crippen LogP contribution is 2.22. The molecule has 0 bridgehead atoms. The minimum Gasteiger partial charge on any atom is -0.481 e. The van der Waals surface area contributed by atoms with Gasteiger partial charge in [0, 0.05) is 35.8 Å². The third-order valence-electron chi connectivity index (χ3n) is 2.79. The van der Waals surface area contributed by atoms with Crippen molar-refractivity contribution in [2.75, 3.05) is 14.2 Å². The van der Waals surface area contributed by atoms with Crippen molar-refractivity contribution >= 4 is 11.3 Å². The van der Waals surface area contributed by atoms with E-state index in [9.17, 15) is 0 Å². The molecular formula is C13H17N3OS. The fourth-order valence-corrected chi connectivity index (χ4v) is 2.58. The van der Waals surface area contributed by atoms with Crippen molar-refractivity contribution in [1.82, 2.24) is 15.3 Å². The molecule has 1 unspecified atom stereocenters. The highest BCUT2D eigenvalue weighted by Gasteiger charge is 2.08. The minimum atomic E-state index is 0.352. The molecule has 4 nitrogen and oxygen atoms in total. The van der Waals surface area contributed by atoms with E-state index in [1.54, 1.807) is 18.4 Å². The zero-order valence-electron chi connectivity index (χ0n) is 10.8. The van der Waals surface area contributed by atoms with E-state index in [0.29, 0.717) is 11.9 Å². The highest BCUT2D eigenvalue weighted by atomic mass is 32.1. The maximum Gasteiger partial charge on any atom is 0.212 e. The third-order valence-corrected chi connectivity index (χ3v) is 3.97. The molecular weight excluding hydrogens is 246 g/mol. The number of ether oxygens (including phenoxy) is 1. The molecule has 18 heavy (non-hydrogen) atoms. The Labute approximate surface area is 111 Å². The van der Waals surface area contributed by atoms with Crippen molar-refractivity contribution in [3.63, 3.8) is 0 Å². The summed E-state index contributed by atoms with van der Waals surface area (Å²) in [5, 5.41) is 4.33. The van der Waals surface area contributed by atoms with Crippen LogP contribution in [0.3, 0.4) is 0 Å². The molecule has 0 fully saturated rings. The van der Waals surface area contributed by atoms with Crippen LogP contribution in [0.1, 0.15) is 28.4 Å². The Kier molecular flexibility index (Phi) is 4.28. The van der Waals surface area contributed by atoms with Crippen molar-refractivity contribution in [1.29, 1.82) is 0 Å². The Morgan fingerprint density at radius 3 is 2.78 bits per heavy atom. The van der Waals surface area contributed by atoms with E-state index in [1.807, 2.05) is 31.6 Å². The summed E-state index contributed by atoms with van der Waals surface area (Å²) in [6, 6.07) is 4.25. The second-order valence-corrected chi connectivity index (χ2v) is 5.20. The van der Waals surface area contributed by atoms with E-state index in [1.165, 1.54) is 4.88 Å². The molecule has 0 amide bonds. The number of hydrogen-bond donors (Lipinski definition) is 1. The highest BCUT2D eigenvalue weighted by molar-refractivity contribution is 7.11. The van der Waals surface area contributed by atoms with E-state index < -0.39 is 0 Å². The monoisotopic (exact) mass is 263 g/mol. The van der Waals surface area contributed by atoms with Crippen LogP contribution in [-0.2, 0) is 6.42 Å². The van der Waals surface area contributed by atoms with Gasteiger partial charge in [0.05, 0.1) is 12.1 Å². The van der Waals surface area contributed by atoms with Crippen molar-refractivity contribution < 1.29 is 4.74 Å². The molecule has 5 heteroatoms. The number of nitrogens with zero attached hydrogens (tertiary/aromatic N) is 2. The largest absolute Gasteiger partial charge is 0.481 e. The number of nitrogens with one attached hydrogen (secondary N) is 1. The summed E-state index contributed by atoms with van der Waals surface area (Å²) < 4.78 is 5.04. The summed E-state index contributed by atoms with van der Waals surface area (Å²) in [6.45, 7) is 2.13. The van der Waals surface area contributed by atoms with Crippen LogP contribution in [-0.4, -0.2) is 24.1 Å². The van der Waals surface area contributed by atoms with Gasteiger partial charge in [-0.1, -0.05) is 6.07 Å². The Morgan fingerprint density at radius 2 is 2.17 bits per heavy atom. The van der Waals surface area contributed by atoms with E-state index in [4.69, 9.17) is 4.74 Å². The lowest BCUT2D eigenvalue weighted by Crippen LogP contribution is -2.10. The average Bonchev–Trinajstić information content (AvgIpc) is 2.87. The molecule has 96 valence electrons. The maximum absolute atomic E-state index is 5.04. The molecule has 0 saturated heterocycles. The molecule has 0 aromatic carbocycles. The normalized spacial score (nSPS) is 12.4. The van der Waals surface area contributed by atoms with Gasteiger partial charge >= 0.3 is 0 Å². The van der Waals surface area contributed by atoms with Gasteiger partial charge in [0.15, 0.2) is 0 Å². The summed E-state index contributed by atoms with van der Waals surface area (Å²) in [4.78, 5) is 9.89. The quantitative estimate of drug-likeness (QED) is 0.900. The number of methoxy groups -OCH3 is 1. The number of rotatable bonds is 5. The van der Waals surface area contributed by atoms with Crippen molar-refractivity contribution in [3.8, 4) is 5.88 Å². The lowest BCUT2D eigenvalue weighted by atomic mass is 10.2. The summed E-state index contributed by atoms with van der Waals surface area (Å²) in [5.74, 6) is 0.641. The van der Waals surface area contributed by atoms with E-state index in [2.05, 4.69) is 22.2 Å². The first kappa shape index (κ1) is 13.0. The van der Waals surface area contributed by atoms with E-state index >= 15 is 0 Å². The second kappa shape index (κ2) is 5.93. The summed E-state index contributed by atoms with van der Waals surface area (Å²) in [7, 11) is 3.58. The van der Waals surface area contributed by atoms with Crippen LogP contribution in [0, 0.1) is 0 Å². The number of hydrogen-bond acceptors (Lipinski definition) is 5. The van der Waals surface area contributed by atoms with Gasteiger partial charge in [0.25, 0.3) is 0 Å². The first-order valence-electron chi connectivity index (χ1n) is 5.83. The zero-order valence-corrected chi connectivity index (χ0v) is 11.6. The summed E-state index contributed by atoms with van der Waals surface area (Å²) in [5.41, 5.74) is 1.15. The molecule has 1 atom stereocenters. The molecule has 0 spiro atoms. The van der Waals surface area contributed by atoms with Gasteiger partial charge in [-0.25, -0.2) is 9.97 Å². The lowest BCUT2D eigenvalue weighted by molar-refractivity contribution is 0.397. The molecule has 2 aromatic rings. The Hall–Kier alpha value is -1.46. The van der Waals surface area contributed by atoms with Gasteiger partial charge in [-0.05, 0) is 19.5 Å². The van der Waals surface area contributed by atoms with Crippen LogP contribution >= 0.6 is 11.3 Å². The van der Waals surface area contributed by atoms with Crippen LogP contribution in [0.5, 0.6) is 5.88 Å². The molecule has 1 N–H and O–H groups in total. The number of pyridine rings is 1. The molecule has 0 aliphatic carbocycles. The van der Waals surface area contributed by atoms with Crippen LogP contribution in [0.4, 0.5) is 0 Å². The standard InChI is InChI=1S/C13H17N3OS/c1-9(14-2)11-8-16-13(18-11)6-10-4-5-12(17-3)15-7-10/h4-5,7-9,14H,6H2,1-3H3. The zero-order chi connectivity index (χ0) is 13.0. The van der Waals surface area contributed by atoms with Gasteiger partial charge in [-0.2, -0.15) is 0 Å². The predicted molar refractivity (Wildman–Crippen MR) is 73.2 cm³/mol. The van der Waals surface area contributed by atoms with Crippen LogP contribution in [0.25, 0.3) is 0 Å². The summed E-state index contributed by atoms with van der Waals surface area (Å²) in [6.07, 6.45) is 4.59. The van der Waals surface area contributed by atoms with Crippen molar-refractivity contribution in [3.05, 3.63) is 40.0 Å². The Morgan fingerprint density at radius 1 is 1.33 bits per heavy atom. The molecule has 2 heterocycles. The fourth-order valence-electron chi connectivity index (χ4n) is 1.56. The average molecular weight is 263 g/mol. The third kappa shape index (κ3) is 3.05.